The molecule has 0 unspecified atom stereocenters. The van der Waals surface area contributed by atoms with Crippen LogP contribution in [0.3, 0.4) is 0 Å². The van der Waals surface area contributed by atoms with Crippen LogP contribution in [0.5, 0.6) is 11.5 Å². The average Bonchev–Trinajstić information content (AvgIpc) is 2.40. The summed E-state index contributed by atoms with van der Waals surface area (Å²) in [7, 11) is 0. The Bertz CT molecular complexity index is 391. The predicted molar refractivity (Wildman–Crippen MR) is 76.6 cm³/mol. The normalized spacial score (nSPS) is 11.6. The van der Waals surface area contributed by atoms with Crippen molar-refractivity contribution in [1.82, 2.24) is 0 Å². The van der Waals surface area contributed by atoms with Crippen LogP contribution in [0, 0.1) is 0 Å². The lowest BCUT2D eigenvalue weighted by Gasteiger charge is -2.07. The van der Waals surface area contributed by atoms with E-state index in [-0.39, 0.29) is 12.2 Å². The zero-order valence-electron chi connectivity index (χ0n) is 12.2. The Morgan fingerprint density at radius 2 is 1.52 bits per heavy atom. The molecule has 0 bridgehead atoms. The van der Waals surface area contributed by atoms with Crippen LogP contribution < -0.4 is 4.74 Å². The molecule has 1 N–H and O–H groups in total. The first-order valence-electron chi connectivity index (χ1n) is 7.46. The number of ether oxygens (including phenoxy) is 1. The molecule has 0 heterocycles. The van der Waals surface area contributed by atoms with Gasteiger partial charge < -0.3 is 9.84 Å². The van der Waals surface area contributed by atoms with Crippen molar-refractivity contribution in [3.05, 3.63) is 24.3 Å². The fourth-order valence-corrected chi connectivity index (χ4v) is 2.07. The summed E-state index contributed by atoms with van der Waals surface area (Å²) in [6, 6.07) is 6.68. The van der Waals surface area contributed by atoms with Gasteiger partial charge in [-0.3, -0.25) is 0 Å². The highest BCUT2D eigenvalue weighted by Gasteiger charge is 2.25. The summed E-state index contributed by atoms with van der Waals surface area (Å²) >= 11 is 0. The van der Waals surface area contributed by atoms with Crippen molar-refractivity contribution in [2.24, 2.45) is 0 Å². The number of unbranched alkanes of at least 4 members (excludes halogenated alkanes) is 6. The minimum absolute atomic E-state index is 0.186. The second-order valence-electron chi connectivity index (χ2n) is 5.19. The zero-order valence-corrected chi connectivity index (χ0v) is 12.2. The fourth-order valence-electron chi connectivity index (χ4n) is 2.07. The fraction of sp³-hybridized carbons (Fsp3) is 0.625. The molecule has 0 radical (unpaired) electrons. The van der Waals surface area contributed by atoms with Crippen LogP contribution in [0.25, 0.3) is 0 Å². The number of alkyl halides is 3. The molecule has 0 saturated carbocycles. The summed E-state index contributed by atoms with van der Waals surface area (Å²) in [5, 5.41) is 9.26. The number of phenols is 1. The minimum atomic E-state index is -4.01. The van der Waals surface area contributed by atoms with Gasteiger partial charge in [0, 0.05) is 12.5 Å². The SMILES string of the molecule is Oc1cccc(OCCCCCCCCCC(F)(F)F)c1. The van der Waals surface area contributed by atoms with Crippen LogP contribution in [-0.2, 0) is 0 Å². The van der Waals surface area contributed by atoms with Gasteiger partial charge in [0.1, 0.15) is 11.5 Å². The van der Waals surface area contributed by atoms with Gasteiger partial charge in [0.25, 0.3) is 0 Å². The monoisotopic (exact) mass is 304 g/mol. The van der Waals surface area contributed by atoms with E-state index in [0.29, 0.717) is 18.8 Å². The van der Waals surface area contributed by atoms with Gasteiger partial charge in [-0.15, -0.1) is 0 Å². The lowest BCUT2D eigenvalue weighted by atomic mass is 10.1. The van der Waals surface area contributed by atoms with Gasteiger partial charge in [0.15, 0.2) is 0 Å². The Morgan fingerprint density at radius 1 is 0.905 bits per heavy atom. The van der Waals surface area contributed by atoms with Crippen LogP contribution >= 0.6 is 0 Å². The van der Waals surface area contributed by atoms with Crippen LogP contribution in [0.4, 0.5) is 13.2 Å². The van der Waals surface area contributed by atoms with Gasteiger partial charge in [-0.25, -0.2) is 0 Å². The van der Waals surface area contributed by atoms with Gasteiger partial charge in [-0.1, -0.05) is 38.2 Å². The van der Waals surface area contributed by atoms with E-state index in [1.54, 1.807) is 24.3 Å². The van der Waals surface area contributed by atoms with E-state index in [2.05, 4.69) is 0 Å². The molecule has 2 nitrogen and oxygen atoms in total. The molecule has 0 fully saturated rings. The largest absolute Gasteiger partial charge is 0.508 e. The van der Waals surface area contributed by atoms with Gasteiger partial charge in [0.2, 0.25) is 0 Å². The van der Waals surface area contributed by atoms with Crippen molar-refractivity contribution < 1.29 is 23.0 Å². The highest BCUT2D eigenvalue weighted by Crippen LogP contribution is 2.23. The van der Waals surface area contributed by atoms with Crippen LogP contribution in [0.2, 0.25) is 0 Å². The van der Waals surface area contributed by atoms with Gasteiger partial charge >= 0.3 is 6.18 Å². The van der Waals surface area contributed by atoms with Gasteiger partial charge in [-0.05, 0) is 25.0 Å². The van der Waals surface area contributed by atoms with E-state index in [9.17, 15) is 18.3 Å². The second-order valence-corrected chi connectivity index (χ2v) is 5.19. The molecule has 5 heteroatoms. The first-order valence-corrected chi connectivity index (χ1v) is 7.46. The third-order valence-electron chi connectivity index (χ3n) is 3.19. The zero-order chi connectivity index (χ0) is 15.6. The van der Waals surface area contributed by atoms with Crippen molar-refractivity contribution >= 4 is 0 Å². The number of aromatic hydroxyl groups is 1. The van der Waals surface area contributed by atoms with Crippen LogP contribution in [0.1, 0.15) is 51.4 Å². The molecule has 0 spiro atoms. The molecule has 0 aliphatic carbocycles. The van der Waals surface area contributed by atoms with Crippen molar-refractivity contribution in [2.45, 2.75) is 57.5 Å². The Labute approximate surface area is 123 Å². The third-order valence-corrected chi connectivity index (χ3v) is 3.19. The van der Waals surface area contributed by atoms with Crippen molar-refractivity contribution in [3.8, 4) is 11.5 Å². The third kappa shape index (κ3) is 10.0. The maximum atomic E-state index is 11.9. The highest BCUT2D eigenvalue weighted by molar-refractivity contribution is 5.31. The summed E-state index contributed by atoms with van der Waals surface area (Å²) in [6.07, 6.45) is 1.01. The highest BCUT2D eigenvalue weighted by atomic mass is 19.4. The van der Waals surface area contributed by atoms with Crippen molar-refractivity contribution in [3.63, 3.8) is 0 Å². The number of hydrogen-bond donors (Lipinski definition) is 1. The Balaban J connectivity index is 1.89. The predicted octanol–water partition coefficient (Wildman–Crippen LogP) is 5.45. The molecule has 120 valence electrons. The number of hydrogen-bond acceptors (Lipinski definition) is 2. The van der Waals surface area contributed by atoms with Gasteiger partial charge in [-0.2, -0.15) is 13.2 Å². The maximum absolute atomic E-state index is 11.9. The summed E-state index contributed by atoms with van der Waals surface area (Å²) in [5.74, 6) is 0.841. The summed E-state index contributed by atoms with van der Waals surface area (Å²) in [5.41, 5.74) is 0. The van der Waals surface area contributed by atoms with E-state index in [4.69, 9.17) is 4.74 Å². The number of halogens is 3. The van der Waals surface area contributed by atoms with Crippen molar-refractivity contribution in [2.75, 3.05) is 6.61 Å². The van der Waals surface area contributed by atoms with E-state index in [1.807, 2.05) is 0 Å². The van der Waals surface area contributed by atoms with Crippen LogP contribution in [0.15, 0.2) is 24.3 Å². The van der Waals surface area contributed by atoms with E-state index in [0.717, 1.165) is 32.1 Å². The molecular formula is C16H23F3O2. The number of benzene rings is 1. The van der Waals surface area contributed by atoms with Crippen molar-refractivity contribution in [1.29, 1.82) is 0 Å². The lowest BCUT2D eigenvalue weighted by Crippen LogP contribution is -2.06. The second kappa shape index (κ2) is 9.53. The smallest absolute Gasteiger partial charge is 0.389 e. The Hall–Kier alpha value is -1.39. The standard InChI is InChI=1S/C16H23F3O2/c17-16(18,19)11-6-4-2-1-3-5-7-12-21-15-10-8-9-14(20)13-15/h8-10,13,20H,1-7,11-12H2. The molecule has 1 aromatic carbocycles. The molecule has 21 heavy (non-hydrogen) atoms. The molecule has 0 atom stereocenters. The molecule has 0 amide bonds. The van der Waals surface area contributed by atoms with E-state index >= 15 is 0 Å². The maximum Gasteiger partial charge on any atom is 0.389 e. The van der Waals surface area contributed by atoms with Gasteiger partial charge in [0.05, 0.1) is 6.61 Å². The summed E-state index contributed by atoms with van der Waals surface area (Å²) < 4.78 is 41.2. The van der Waals surface area contributed by atoms with E-state index in [1.165, 1.54) is 0 Å². The molecule has 1 aromatic rings. The number of rotatable bonds is 10. The first-order chi connectivity index (χ1) is 9.97. The quantitative estimate of drug-likeness (QED) is 0.582. The minimum Gasteiger partial charge on any atom is -0.508 e. The average molecular weight is 304 g/mol. The molecule has 0 aliphatic rings. The van der Waals surface area contributed by atoms with E-state index < -0.39 is 12.6 Å². The Kier molecular flexibility index (Phi) is 8.01. The number of phenolic OH excluding ortho intramolecular Hbond substituents is 1. The lowest BCUT2D eigenvalue weighted by molar-refractivity contribution is -0.135. The topological polar surface area (TPSA) is 29.5 Å². The van der Waals surface area contributed by atoms with Crippen LogP contribution in [-0.4, -0.2) is 17.9 Å². The molecule has 0 aliphatic heterocycles. The molecule has 1 rings (SSSR count). The molecule has 0 aromatic heterocycles. The summed E-state index contributed by atoms with van der Waals surface area (Å²) in [4.78, 5) is 0. The molecule has 0 saturated heterocycles. The molecular weight excluding hydrogens is 281 g/mol. The summed E-state index contributed by atoms with van der Waals surface area (Å²) in [6.45, 7) is 0.595. The Morgan fingerprint density at radius 3 is 2.14 bits per heavy atom. The first kappa shape index (κ1) is 17.7.